The number of hydrazine groups is 1. The number of hydrogen-bond donors (Lipinski definition) is 2. The molecule has 0 aromatic heterocycles. The molecule has 20 heavy (non-hydrogen) atoms. The average molecular weight is 302 g/mol. The Balaban J connectivity index is 1.92. The van der Waals surface area contributed by atoms with Crippen LogP contribution in [0.2, 0.25) is 0 Å². The Hall–Kier alpha value is -0.130. The van der Waals surface area contributed by atoms with Crippen LogP contribution >= 0.6 is 0 Å². The highest BCUT2D eigenvalue weighted by atomic mass is 32.2. The Morgan fingerprint density at radius 2 is 1.80 bits per heavy atom. The van der Waals surface area contributed by atoms with E-state index in [0.29, 0.717) is 12.0 Å². The molecule has 4 nitrogen and oxygen atoms in total. The van der Waals surface area contributed by atoms with Crippen molar-refractivity contribution in [1.82, 2.24) is 5.43 Å². The molecule has 5 heteroatoms. The van der Waals surface area contributed by atoms with Crippen molar-refractivity contribution in [1.29, 1.82) is 0 Å². The van der Waals surface area contributed by atoms with Crippen LogP contribution in [0, 0.1) is 11.8 Å². The van der Waals surface area contributed by atoms with Gasteiger partial charge >= 0.3 is 0 Å². The molecule has 0 aromatic carbocycles. The maximum atomic E-state index is 11.8. The van der Waals surface area contributed by atoms with Gasteiger partial charge in [0.15, 0.2) is 0 Å². The lowest BCUT2D eigenvalue weighted by molar-refractivity contribution is 0.214. The summed E-state index contributed by atoms with van der Waals surface area (Å²) in [5.41, 5.74) is 3.00. The van der Waals surface area contributed by atoms with Gasteiger partial charge in [0.1, 0.15) is 9.84 Å². The molecule has 0 radical (unpaired) electrons. The Morgan fingerprint density at radius 1 is 1.10 bits per heavy atom. The fourth-order valence-electron chi connectivity index (χ4n) is 4.11. The lowest BCUT2D eigenvalue weighted by atomic mass is 9.77. The molecule has 0 saturated heterocycles. The van der Waals surface area contributed by atoms with E-state index in [1.807, 2.05) is 0 Å². The Labute approximate surface area is 123 Å². The van der Waals surface area contributed by atoms with Crippen LogP contribution < -0.4 is 11.3 Å². The Bertz CT molecular complexity index is 391. The molecule has 3 unspecified atom stereocenters. The molecule has 0 heterocycles. The van der Waals surface area contributed by atoms with Gasteiger partial charge in [-0.3, -0.25) is 11.3 Å². The summed E-state index contributed by atoms with van der Waals surface area (Å²) in [4.78, 5) is 0. The van der Waals surface area contributed by atoms with E-state index in [4.69, 9.17) is 5.84 Å². The average Bonchev–Trinajstić information content (AvgIpc) is 2.45. The first kappa shape index (κ1) is 16.2. The van der Waals surface area contributed by atoms with Crippen molar-refractivity contribution in [3.8, 4) is 0 Å². The van der Waals surface area contributed by atoms with Gasteiger partial charge in [0.2, 0.25) is 0 Å². The molecule has 2 fully saturated rings. The fourth-order valence-corrected chi connectivity index (χ4v) is 5.31. The first-order valence-electron chi connectivity index (χ1n) is 8.15. The summed E-state index contributed by atoms with van der Waals surface area (Å²) in [5.74, 6) is 6.98. The number of hydrogen-bond acceptors (Lipinski definition) is 4. The van der Waals surface area contributed by atoms with Gasteiger partial charge < -0.3 is 0 Å². The van der Waals surface area contributed by atoms with Gasteiger partial charge in [0.05, 0.1) is 5.25 Å². The predicted octanol–water partition coefficient (Wildman–Crippen LogP) is 2.39. The van der Waals surface area contributed by atoms with Gasteiger partial charge in [-0.2, -0.15) is 0 Å². The maximum Gasteiger partial charge on any atom is 0.150 e. The molecule has 2 saturated carbocycles. The van der Waals surface area contributed by atoms with E-state index in [9.17, 15) is 8.42 Å². The van der Waals surface area contributed by atoms with E-state index in [1.54, 1.807) is 0 Å². The first-order chi connectivity index (χ1) is 9.50. The number of nitrogens with two attached hydrogens (primary N) is 1. The van der Waals surface area contributed by atoms with E-state index in [0.717, 1.165) is 38.0 Å². The SMILES string of the molecule is CS(=O)(=O)C1CCCC(C(CC2CCCCC2)NN)C1. The lowest BCUT2D eigenvalue weighted by Gasteiger charge is -2.36. The molecule has 0 aliphatic heterocycles. The summed E-state index contributed by atoms with van der Waals surface area (Å²) < 4.78 is 23.6. The van der Waals surface area contributed by atoms with E-state index >= 15 is 0 Å². The molecule has 0 bridgehead atoms. The molecule has 118 valence electrons. The van der Waals surface area contributed by atoms with Gasteiger partial charge in [-0.15, -0.1) is 0 Å². The zero-order chi connectivity index (χ0) is 14.6. The van der Waals surface area contributed by atoms with Gasteiger partial charge in [0, 0.05) is 12.3 Å². The second-order valence-corrected chi connectivity index (χ2v) is 9.22. The summed E-state index contributed by atoms with van der Waals surface area (Å²) in [5, 5.41) is -0.150. The lowest BCUT2D eigenvalue weighted by Crippen LogP contribution is -2.45. The normalized spacial score (nSPS) is 31.1. The minimum atomic E-state index is -2.90. The number of sulfone groups is 1. The van der Waals surface area contributed by atoms with Gasteiger partial charge in [-0.05, 0) is 37.5 Å². The summed E-state index contributed by atoms with van der Waals surface area (Å²) in [6.45, 7) is 0. The van der Waals surface area contributed by atoms with Crippen molar-refractivity contribution in [2.75, 3.05) is 6.26 Å². The quantitative estimate of drug-likeness (QED) is 0.604. The van der Waals surface area contributed by atoms with Gasteiger partial charge in [-0.25, -0.2) is 8.42 Å². The van der Waals surface area contributed by atoms with Crippen molar-refractivity contribution in [2.24, 2.45) is 17.7 Å². The molecule has 2 rings (SSSR count). The van der Waals surface area contributed by atoms with E-state index in [1.165, 1.54) is 38.4 Å². The zero-order valence-corrected chi connectivity index (χ0v) is 13.5. The van der Waals surface area contributed by atoms with Crippen molar-refractivity contribution < 1.29 is 8.42 Å². The van der Waals surface area contributed by atoms with Gasteiger partial charge in [0.25, 0.3) is 0 Å². The van der Waals surface area contributed by atoms with Crippen molar-refractivity contribution >= 4 is 9.84 Å². The topological polar surface area (TPSA) is 72.2 Å². The van der Waals surface area contributed by atoms with Crippen LogP contribution in [0.15, 0.2) is 0 Å². The molecular weight excluding hydrogens is 272 g/mol. The Morgan fingerprint density at radius 3 is 2.40 bits per heavy atom. The zero-order valence-electron chi connectivity index (χ0n) is 12.7. The Kier molecular flexibility index (Phi) is 5.87. The molecule has 0 spiro atoms. The summed E-state index contributed by atoms with van der Waals surface area (Å²) in [7, 11) is -2.90. The van der Waals surface area contributed by atoms with E-state index in [-0.39, 0.29) is 5.25 Å². The highest BCUT2D eigenvalue weighted by molar-refractivity contribution is 7.91. The molecular formula is C15H30N2O2S. The number of nitrogens with one attached hydrogen (secondary N) is 1. The van der Waals surface area contributed by atoms with Crippen molar-refractivity contribution in [3.05, 3.63) is 0 Å². The van der Waals surface area contributed by atoms with E-state index < -0.39 is 9.84 Å². The molecule has 2 aliphatic carbocycles. The van der Waals surface area contributed by atoms with Crippen LogP contribution in [-0.4, -0.2) is 26.0 Å². The highest BCUT2D eigenvalue weighted by Gasteiger charge is 2.33. The van der Waals surface area contributed by atoms with Crippen LogP contribution in [0.25, 0.3) is 0 Å². The molecule has 3 N–H and O–H groups in total. The van der Waals surface area contributed by atoms with Crippen LogP contribution in [-0.2, 0) is 9.84 Å². The minimum Gasteiger partial charge on any atom is -0.271 e. The van der Waals surface area contributed by atoms with Crippen LogP contribution in [0.1, 0.15) is 64.2 Å². The van der Waals surface area contributed by atoms with Crippen LogP contribution in [0.4, 0.5) is 0 Å². The van der Waals surface area contributed by atoms with Crippen molar-refractivity contribution in [2.45, 2.75) is 75.5 Å². The largest absolute Gasteiger partial charge is 0.271 e. The third-order valence-electron chi connectivity index (χ3n) is 5.37. The minimum absolute atomic E-state index is 0.150. The smallest absolute Gasteiger partial charge is 0.150 e. The second kappa shape index (κ2) is 7.23. The summed E-state index contributed by atoms with van der Waals surface area (Å²) in [6, 6.07) is 0.294. The molecule has 2 aliphatic rings. The third-order valence-corrected chi connectivity index (χ3v) is 7.01. The predicted molar refractivity (Wildman–Crippen MR) is 82.9 cm³/mol. The van der Waals surface area contributed by atoms with Crippen molar-refractivity contribution in [3.63, 3.8) is 0 Å². The van der Waals surface area contributed by atoms with Crippen LogP contribution in [0.3, 0.4) is 0 Å². The standard InChI is InChI=1S/C15H30N2O2S/c1-20(18,19)14-9-5-8-13(11-14)15(17-16)10-12-6-3-2-4-7-12/h12-15,17H,2-11,16H2,1H3. The second-order valence-electron chi connectivity index (χ2n) is 6.89. The van der Waals surface area contributed by atoms with Gasteiger partial charge in [-0.1, -0.05) is 38.5 Å². The molecule has 0 amide bonds. The monoisotopic (exact) mass is 302 g/mol. The molecule has 0 aromatic rings. The highest BCUT2D eigenvalue weighted by Crippen LogP contribution is 2.35. The molecule has 3 atom stereocenters. The summed E-state index contributed by atoms with van der Waals surface area (Å²) in [6.07, 6.45) is 13.0. The maximum absolute atomic E-state index is 11.8. The number of rotatable bonds is 5. The summed E-state index contributed by atoms with van der Waals surface area (Å²) >= 11 is 0. The van der Waals surface area contributed by atoms with Crippen LogP contribution in [0.5, 0.6) is 0 Å². The van der Waals surface area contributed by atoms with E-state index in [2.05, 4.69) is 5.43 Å². The first-order valence-corrected chi connectivity index (χ1v) is 10.1. The third kappa shape index (κ3) is 4.43. The fraction of sp³-hybridized carbons (Fsp3) is 1.00.